The highest BCUT2D eigenvalue weighted by atomic mass is 32.2. The maximum Gasteiger partial charge on any atom is 0.282 e. The number of halogens is 2. The molecule has 2 fully saturated rings. The molecule has 2 heterocycles. The van der Waals surface area contributed by atoms with Crippen molar-refractivity contribution in [3.63, 3.8) is 0 Å². The van der Waals surface area contributed by atoms with Gasteiger partial charge in [-0.25, -0.2) is 8.78 Å². The van der Waals surface area contributed by atoms with Crippen molar-refractivity contribution in [2.24, 2.45) is 0 Å². The lowest BCUT2D eigenvalue weighted by Crippen LogP contribution is -2.51. The molecule has 2 N–H and O–H groups in total. The molecule has 0 radical (unpaired) electrons. The number of hydrogen-bond donors (Lipinski definition) is 2. The lowest BCUT2D eigenvalue weighted by atomic mass is 9.85. The topological polar surface area (TPSA) is 41.5 Å². The highest BCUT2D eigenvalue weighted by Gasteiger charge is 2.39. The maximum absolute atomic E-state index is 13.0. The molecule has 2 aliphatic rings. The summed E-state index contributed by atoms with van der Waals surface area (Å²) >= 11 is 1.93. The molecule has 2 rings (SSSR count). The van der Waals surface area contributed by atoms with Gasteiger partial charge >= 0.3 is 0 Å². The minimum absolute atomic E-state index is 0.0827. The van der Waals surface area contributed by atoms with Gasteiger partial charge in [-0.2, -0.15) is 11.8 Å². The first-order valence-corrected chi connectivity index (χ1v) is 7.65. The van der Waals surface area contributed by atoms with E-state index < -0.39 is 19.1 Å². The summed E-state index contributed by atoms with van der Waals surface area (Å²) in [6, 6.07) is 0.0827. The first-order chi connectivity index (χ1) is 8.55. The van der Waals surface area contributed by atoms with Gasteiger partial charge in [-0.15, -0.1) is 0 Å². The molecule has 6 heteroatoms. The van der Waals surface area contributed by atoms with Crippen LogP contribution in [-0.2, 0) is 4.74 Å². The van der Waals surface area contributed by atoms with E-state index in [4.69, 9.17) is 9.84 Å². The fourth-order valence-corrected chi connectivity index (χ4v) is 3.88. The van der Waals surface area contributed by atoms with Crippen molar-refractivity contribution in [2.75, 3.05) is 31.3 Å². The van der Waals surface area contributed by atoms with Crippen LogP contribution in [0.5, 0.6) is 0 Å². The highest BCUT2D eigenvalue weighted by Crippen LogP contribution is 2.37. The second-order valence-electron chi connectivity index (χ2n) is 5.23. The Morgan fingerprint density at radius 1 is 1.39 bits per heavy atom. The molecule has 2 saturated heterocycles. The molecule has 0 aliphatic carbocycles. The first kappa shape index (κ1) is 14.5. The van der Waals surface area contributed by atoms with Gasteiger partial charge in [0.05, 0.1) is 12.1 Å². The molecule has 3 nitrogen and oxygen atoms in total. The lowest BCUT2D eigenvalue weighted by molar-refractivity contribution is -0.0994. The summed E-state index contributed by atoms with van der Waals surface area (Å²) in [4.78, 5) is 0. The predicted octanol–water partition coefficient (Wildman–Crippen LogP) is 1.65. The standard InChI is InChI=1S/C12H21F2NO2S/c13-12(14,9-16)8-15-10-1-4-17-11(7-10)2-5-18-6-3-11/h10,15-16H,1-9H2. The van der Waals surface area contributed by atoms with Gasteiger partial charge in [-0.3, -0.25) is 0 Å². The van der Waals surface area contributed by atoms with Crippen molar-refractivity contribution >= 4 is 11.8 Å². The Morgan fingerprint density at radius 2 is 2.11 bits per heavy atom. The molecule has 2 aliphatic heterocycles. The molecule has 1 unspecified atom stereocenters. The molecule has 1 spiro atoms. The van der Waals surface area contributed by atoms with E-state index in [1.54, 1.807) is 0 Å². The number of hydrogen-bond acceptors (Lipinski definition) is 4. The number of thioether (sulfide) groups is 1. The summed E-state index contributed by atoms with van der Waals surface area (Å²) in [5.74, 6) is -0.826. The zero-order valence-electron chi connectivity index (χ0n) is 10.5. The number of aliphatic hydroxyl groups is 1. The van der Waals surface area contributed by atoms with E-state index in [0.29, 0.717) is 6.61 Å². The Kier molecular flexibility index (Phi) is 4.86. The molecule has 0 bridgehead atoms. The summed E-state index contributed by atoms with van der Waals surface area (Å²) in [6.07, 6.45) is 3.63. The molecule has 0 aromatic heterocycles. The molecule has 18 heavy (non-hydrogen) atoms. The van der Waals surface area contributed by atoms with Gasteiger partial charge in [0.1, 0.15) is 6.61 Å². The van der Waals surface area contributed by atoms with Crippen LogP contribution >= 0.6 is 11.8 Å². The largest absolute Gasteiger partial charge is 0.390 e. The smallest absolute Gasteiger partial charge is 0.282 e. The molecule has 0 saturated carbocycles. The fourth-order valence-electron chi connectivity index (χ4n) is 2.64. The summed E-state index contributed by atoms with van der Waals surface area (Å²) < 4.78 is 31.9. The van der Waals surface area contributed by atoms with Crippen LogP contribution < -0.4 is 5.32 Å². The highest BCUT2D eigenvalue weighted by molar-refractivity contribution is 7.99. The summed E-state index contributed by atoms with van der Waals surface area (Å²) in [6.45, 7) is -0.892. The van der Waals surface area contributed by atoms with Crippen molar-refractivity contribution in [1.29, 1.82) is 0 Å². The average molecular weight is 281 g/mol. The number of aliphatic hydroxyl groups excluding tert-OH is 1. The molecule has 1 atom stereocenters. The van der Waals surface area contributed by atoms with E-state index in [0.717, 1.165) is 37.2 Å². The Morgan fingerprint density at radius 3 is 2.78 bits per heavy atom. The van der Waals surface area contributed by atoms with Crippen LogP contribution in [0.4, 0.5) is 8.78 Å². The van der Waals surface area contributed by atoms with Crippen molar-refractivity contribution in [3.05, 3.63) is 0 Å². The predicted molar refractivity (Wildman–Crippen MR) is 68.3 cm³/mol. The van der Waals surface area contributed by atoms with Crippen molar-refractivity contribution in [1.82, 2.24) is 5.32 Å². The molecule has 106 valence electrons. The maximum atomic E-state index is 13.0. The third kappa shape index (κ3) is 3.79. The van der Waals surface area contributed by atoms with Crippen LogP contribution in [0, 0.1) is 0 Å². The SMILES string of the molecule is OCC(F)(F)CNC1CCOC2(CCSCC2)C1. The van der Waals surface area contributed by atoms with E-state index in [9.17, 15) is 8.78 Å². The van der Waals surface area contributed by atoms with Crippen molar-refractivity contribution in [3.8, 4) is 0 Å². The molecule has 0 aromatic carbocycles. The van der Waals surface area contributed by atoms with Crippen molar-refractivity contribution < 1.29 is 18.6 Å². The number of nitrogens with one attached hydrogen (secondary N) is 1. The first-order valence-electron chi connectivity index (χ1n) is 6.49. The Bertz CT molecular complexity index is 267. The molecular weight excluding hydrogens is 260 g/mol. The molecule has 0 amide bonds. The minimum atomic E-state index is -3.02. The zero-order valence-corrected chi connectivity index (χ0v) is 11.3. The monoisotopic (exact) mass is 281 g/mol. The van der Waals surface area contributed by atoms with Crippen LogP contribution in [0.15, 0.2) is 0 Å². The number of alkyl halides is 2. The second kappa shape index (κ2) is 6.03. The Labute approximate surface area is 111 Å². The van der Waals surface area contributed by atoms with E-state index in [1.807, 2.05) is 11.8 Å². The number of ether oxygens (including phenoxy) is 1. The fraction of sp³-hybridized carbons (Fsp3) is 1.00. The van der Waals surface area contributed by atoms with Crippen LogP contribution in [-0.4, -0.2) is 53.9 Å². The minimum Gasteiger partial charge on any atom is -0.390 e. The van der Waals surface area contributed by atoms with Crippen LogP contribution in [0.3, 0.4) is 0 Å². The zero-order chi connectivity index (χ0) is 13.1. The Balaban J connectivity index is 1.83. The van der Waals surface area contributed by atoms with E-state index in [1.165, 1.54) is 0 Å². The van der Waals surface area contributed by atoms with Gasteiger partial charge in [0.2, 0.25) is 0 Å². The van der Waals surface area contributed by atoms with Crippen LogP contribution in [0.2, 0.25) is 0 Å². The Hall–Kier alpha value is 0.0900. The van der Waals surface area contributed by atoms with Gasteiger partial charge in [0.15, 0.2) is 0 Å². The van der Waals surface area contributed by atoms with Gasteiger partial charge in [-0.05, 0) is 37.2 Å². The quantitative estimate of drug-likeness (QED) is 0.822. The molecule has 0 aromatic rings. The third-order valence-corrected chi connectivity index (χ3v) is 4.76. The van der Waals surface area contributed by atoms with Crippen LogP contribution in [0.25, 0.3) is 0 Å². The summed E-state index contributed by atoms with van der Waals surface area (Å²) in [5, 5.41) is 11.4. The van der Waals surface area contributed by atoms with Crippen LogP contribution in [0.1, 0.15) is 25.7 Å². The van der Waals surface area contributed by atoms with Gasteiger partial charge in [-0.1, -0.05) is 0 Å². The van der Waals surface area contributed by atoms with Crippen molar-refractivity contribution in [2.45, 2.75) is 43.2 Å². The van der Waals surface area contributed by atoms with Gasteiger partial charge < -0.3 is 15.2 Å². The summed E-state index contributed by atoms with van der Waals surface area (Å²) in [7, 11) is 0. The average Bonchev–Trinajstić information content (AvgIpc) is 2.38. The van der Waals surface area contributed by atoms with Gasteiger partial charge in [0, 0.05) is 12.6 Å². The van der Waals surface area contributed by atoms with E-state index in [2.05, 4.69) is 5.32 Å². The van der Waals surface area contributed by atoms with Gasteiger partial charge in [0.25, 0.3) is 5.92 Å². The third-order valence-electron chi connectivity index (χ3n) is 3.78. The lowest BCUT2D eigenvalue weighted by Gasteiger charge is -2.43. The normalized spacial score (nSPS) is 28.5. The molecular formula is C12H21F2NO2S. The van der Waals surface area contributed by atoms with E-state index >= 15 is 0 Å². The number of rotatable bonds is 4. The second-order valence-corrected chi connectivity index (χ2v) is 6.45. The summed E-state index contributed by atoms with van der Waals surface area (Å²) in [5.41, 5.74) is -0.0876. The van der Waals surface area contributed by atoms with E-state index in [-0.39, 0.29) is 11.6 Å².